The van der Waals surface area contributed by atoms with Gasteiger partial charge in [0.15, 0.2) is 11.6 Å². The largest absolute Gasteiger partial charge is 0.457 e. The molecule has 3 rings (SSSR count). The average Bonchev–Trinajstić information content (AvgIpc) is 2.93. The van der Waals surface area contributed by atoms with Crippen molar-refractivity contribution >= 4 is 21.7 Å². The van der Waals surface area contributed by atoms with Gasteiger partial charge in [0.2, 0.25) is 0 Å². The fourth-order valence-corrected chi connectivity index (χ4v) is 2.50. The number of hydrogen-bond donors (Lipinski definition) is 1. The minimum Gasteiger partial charge on any atom is -0.457 e. The SMILES string of the molecule is CCNc1nc(-c2ccc(C3CC3C)o2)ncc1Br. The van der Waals surface area contributed by atoms with Crippen molar-refractivity contribution in [3.8, 4) is 11.6 Å². The zero-order valence-electron chi connectivity index (χ0n) is 11.0. The molecule has 5 heteroatoms. The standard InChI is InChI=1S/C14H16BrN3O/c1-3-16-13-10(15)7-17-14(18-13)12-5-4-11(19-12)9-6-8(9)2/h4-5,7-9H,3,6H2,1-2H3,(H,16,17,18). The molecule has 2 aromatic rings. The van der Waals surface area contributed by atoms with Gasteiger partial charge < -0.3 is 9.73 Å². The Balaban J connectivity index is 1.89. The Morgan fingerprint density at radius 2 is 2.26 bits per heavy atom. The second-order valence-corrected chi connectivity index (χ2v) is 5.80. The maximum absolute atomic E-state index is 5.87. The summed E-state index contributed by atoms with van der Waals surface area (Å²) in [4.78, 5) is 8.79. The van der Waals surface area contributed by atoms with Crippen LogP contribution >= 0.6 is 15.9 Å². The highest BCUT2D eigenvalue weighted by Gasteiger charge is 2.36. The van der Waals surface area contributed by atoms with Crippen LogP contribution in [0.4, 0.5) is 5.82 Å². The lowest BCUT2D eigenvalue weighted by atomic mass is 10.3. The summed E-state index contributed by atoms with van der Waals surface area (Å²) in [6.45, 7) is 5.10. The summed E-state index contributed by atoms with van der Waals surface area (Å²) in [5.74, 6) is 4.53. The highest BCUT2D eigenvalue weighted by Crippen LogP contribution is 2.47. The summed E-state index contributed by atoms with van der Waals surface area (Å²) in [5, 5.41) is 3.20. The highest BCUT2D eigenvalue weighted by atomic mass is 79.9. The first-order chi connectivity index (χ1) is 9.19. The molecule has 1 N–H and O–H groups in total. The Kier molecular flexibility index (Phi) is 3.31. The van der Waals surface area contributed by atoms with Crippen LogP contribution in [0, 0.1) is 5.92 Å². The van der Waals surface area contributed by atoms with Crippen molar-refractivity contribution in [3.63, 3.8) is 0 Å². The van der Waals surface area contributed by atoms with Crippen LogP contribution in [0.5, 0.6) is 0 Å². The number of nitrogens with zero attached hydrogens (tertiary/aromatic N) is 2. The molecule has 4 nitrogen and oxygen atoms in total. The lowest BCUT2D eigenvalue weighted by Gasteiger charge is -2.05. The predicted molar refractivity (Wildman–Crippen MR) is 78.1 cm³/mol. The van der Waals surface area contributed by atoms with Gasteiger partial charge in [0.1, 0.15) is 11.6 Å². The average molecular weight is 322 g/mol. The molecule has 0 bridgehead atoms. The van der Waals surface area contributed by atoms with Crippen LogP contribution < -0.4 is 5.32 Å². The van der Waals surface area contributed by atoms with Crippen LogP contribution in [0.3, 0.4) is 0 Å². The van der Waals surface area contributed by atoms with Crippen LogP contribution in [-0.2, 0) is 0 Å². The number of nitrogens with one attached hydrogen (secondary N) is 1. The van der Waals surface area contributed by atoms with Crippen molar-refractivity contribution in [1.29, 1.82) is 0 Å². The number of aromatic nitrogens is 2. The van der Waals surface area contributed by atoms with E-state index in [1.165, 1.54) is 6.42 Å². The number of anilines is 1. The second kappa shape index (κ2) is 4.96. The van der Waals surface area contributed by atoms with Gasteiger partial charge >= 0.3 is 0 Å². The Bertz CT molecular complexity index is 596. The minimum atomic E-state index is 0.581. The maximum atomic E-state index is 5.87. The molecule has 1 fully saturated rings. The number of hydrogen-bond acceptors (Lipinski definition) is 4. The van der Waals surface area contributed by atoms with Crippen molar-refractivity contribution in [2.45, 2.75) is 26.2 Å². The Morgan fingerprint density at radius 3 is 2.95 bits per heavy atom. The number of rotatable bonds is 4. The molecule has 0 radical (unpaired) electrons. The molecule has 2 aromatic heterocycles. The third-order valence-electron chi connectivity index (χ3n) is 3.41. The van der Waals surface area contributed by atoms with Crippen LogP contribution in [-0.4, -0.2) is 16.5 Å². The molecule has 0 spiro atoms. The zero-order valence-corrected chi connectivity index (χ0v) is 12.6. The summed E-state index contributed by atoms with van der Waals surface area (Å²) in [7, 11) is 0. The first kappa shape index (κ1) is 12.7. The van der Waals surface area contributed by atoms with E-state index in [0.717, 1.165) is 34.3 Å². The van der Waals surface area contributed by atoms with E-state index in [-0.39, 0.29) is 0 Å². The molecule has 2 unspecified atom stereocenters. The molecular formula is C14H16BrN3O. The van der Waals surface area contributed by atoms with Crippen LogP contribution in [0.2, 0.25) is 0 Å². The topological polar surface area (TPSA) is 51.0 Å². The molecule has 1 aliphatic rings. The van der Waals surface area contributed by atoms with Gasteiger partial charge in [-0.3, -0.25) is 0 Å². The molecule has 100 valence electrons. The number of furan rings is 1. The van der Waals surface area contributed by atoms with Crippen LogP contribution in [0.15, 0.2) is 27.2 Å². The summed E-state index contributed by atoms with van der Waals surface area (Å²) >= 11 is 3.43. The molecule has 0 saturated heterocycles. The summed E-state index contributed by atoms with van der Waals surface area (Å²) < 4.78 is 6.73. The van der Waals surface area contributed by atoms with E-state index >= 15 is 0 Å². The van der Waals surface area contributed by atoms with Gasteiger partial charge in [-0.15, -0.1) is 0 Å². The van der Waals surface area contributed by atoms with Gasteiger partial charge in [-0.25, -0.2) is 9.97 Å². The van der Waals surface area contributed by atoms with E-state index in [1.54, 1.807) is 6.20 Å². The van der Waals surface area contributed by atoms with Gasteiger partial charge in [-0.1, -0.05) is 6.92 Å². The predicted octanol–water partition coefficient (Wildman–Crippen LogP) is 4.05. The molecule has 0 amide bonds. The minimum absolute atomic E-state index is 0.581. The van der Waals surface area contributed by atoms with Gasteiger partial charge in [0, 0.05) is 18.7 Å². The monoisotopic (exact) mass is 321 g/mol. The van der Waals surface area contributed by atoms with Crippen molar-refractivity contribution < 1.29 is 4.42 Å². The van der Waals surface area contributed by atoms with Crippen molar-refractivity contribution in [2.75, 3.05) is 11.9 Å². The highest BCUT2D eigenvalue weighted by molar-refractivity contribution is 9.10. The van der Waals surface area contributed by atoms with Crippen LogP contribution in [0.1, 0.15) is 31.9 Å². The third-order valence-corrected chi connectivity index (χ3v) is 3.99. The van der Waals surface area contributed by atoms with Gasteiger partial charge in [-0.05, 0) is 47.3 Å². The van der Waals surface area contributed by atoms with E-state index in [9.17, 15) is 0 Å². The molecule has 1 aliphatic carbocycles. The third kappa shape index (κ3) is 2.52. The molecule has 2 heterocycles. The quantitative estimate of drug-likeness (QED) is 0.922. The van der Waals surface area contributed by atoms with Gasteiger partial charge in [0.05, 0.1) is 4.47 Å². The second-order valence-electron chi connectivity index (χ2n) is 4.94. The first-order valence-electron chi connectivity index (χ1n) is 6.55. The molecule has 0 aliphatic heterocycles. The van der Waals surface area contributed by atoms with E-state index in [0.29, 0.717) is 11.7 Å². The number of halogens is 1. The fraction of sp³-hybridized carbons (Fsp3) is 0.429. The summed E-state index contributed by atoms with van der Waals surface area (Å²) in [6.07, 6.45) is 2.97. The maximum Gasteiger partial charge on any atom is 0.197 e. The normalized spacial score (nSPS) is 21.4. The molecule has 19 heavy (non-hydrogen) atoms. The lowest BCUT2D eigenvalue weighted by molar-refractivity contribution is 0.515. The Labute approximate surface area is 120 Å². The zero-order chi connectivity index (χ0) is 13.4. The van der Waals surface area contributed by atoms with Gasteiger partial charge in [-0.2, -0.15) is 0 Å². The van der Waals surface area contributed by atoms with Crippen molar-refractivity contribution in [1.82, 2.24) is 9.97 Å². The first-order valence-corrected chi connectivity index (χ1v) is 7.35. The van der Waals surface area contributed by atoms with Crippen LogP contribution in [0.25, 0.3) is 11.6 Å². The Morgan fingerprint density at radius 1 is 1.47 bits per heavy atom. The molecule has 1 saturated carbocycles. The van der Waals surface area contributed by atoms with Crippen molar-refractivity contribution in [2.24, 2.45) is 5.92 Å². The van der Waals surface area contributed by atoms with Crippen molar-refractivity contribution in [3.05, 3.63) is 28.6 Å². The van der Waals surface area contributed by atoms with Gasteiger partial charge in [0.25, 0.3) is 0 Å². The van der Waals surface area contributed by atoms with E-state index in [4.69, 9.17) is 4.42 Å². The fourth-order valence-electron chi connectivity index (χ4n) is 2.17. The van der Waals surface area contributed by atoms with E-state index in [1.807, 2.05) is 19.1 Å². The smallest absolute Gasteiger partial charge is 0.197 e. The summed E-state index contributed by atoms with van der Waals surface area (Å²) in [5.41, 5.74) is 0. The Hall–Kier alpha value is -1.36. The summed E-state index contributed by atoms with van der Waals surface area (Å²) in [6, 6.07) is 4.00. The molecule has 2 atom stereocenters. The molecule has 0 aromatic carbocycles. The lowest BCUT2D eigenvalue weighted by Crippen LogP contribution is -2.02. The van der Waals surface area contributed by atoms with E-state index in [2.05, 4.69) is 38.1 Å². The molecular weight excluding hydrogens is 306 g/mol. The van der Waals surface area contributed by atoms with E-state index < -0.39 is 0 Å².